The maximum atomic E-state index is 13.0. The fraction of sp³-hybridized carbons (Fsp3) is 0.346. The van der Waals surface area contributed by atoms with Gasteiger partial charge in [-0.15, -0.1) is 11.3 Å². The molecule has 9 nitrogen and oxygen atoms in total. The molecule has 13 heteroatoms. The van der Waals surface area contributed by atoms with Crippen LogP contribution in [0.4, 0.5) is 13.2 Å². The Morgan fingerprint density at radius 2 is 2.03 bits per heavy atom. The lowest BCUT2D eigenvalue weighted by Crippen LogP contribution is -2.26. The number of thiazole rings is 1. The molecule has 1 fully saturated rings. The SMILES string of the molecule is COc1cc(OCc2sc(-c3ccc(C(F)(F)F)cc3)nc2CNCC2CCCO2)ccc1-c1noc(=O)[nH]1. The largest absolute Gasteiger partial charge is 0.496 e. The van der Waals surface area contributed by atoms with E-state index in [0.29, 0.717) is 40.7 Å². The molecule has 0 saturated carbocycles. The van der Waals surface area contributed by atoms with Crippen LogP contribution in [0, 0.1) is 0 Å². The minimum Gasteiger partial charge on any atom is -0.496 e. The molecule has 0 aliphatic carbocycles. The molecule has 1 atom stereocenters. The minimum atomic E-state index is -4.41. The first-order valence-corrected chi connectivity index (χ1v) is 13.0. The van der Waals surface area contributed by atoms with Crippen LogP contribution in [0.3, 0.4) is 0 Å². The molecular weight excluding hydrogens is 537 g/mol. The van der Waals surface area contributed by atoms with Crippen LogP contribution in [0.15, 0.2) is 51.8 Å². The van der Waals surface area contributed by atoms with Crippen LogP contribution in [-0.2, 0) is 24.1 Å². The van der Waals surface area contributed by atoms with E-state index in [9.17, 15) is 18.0 Å². The molecule has 2 aromatic carbocycles. The van der Waals surface area contributed by atoms with Gasteiger partial charge >= 0.3 is 11.9 Å². The van der Waals surface area contributed by atoms with Crippen molar-refractivity contribution in [3.05, 3.63) is 69.1 Å². The van der Waals surface area contributed by atoms with E-state index in [1.807, 2.05) is 0 Å². The summed E-state index contributed by atoms with van der Waals surface area (Å²) >= 11 is 1.36. The first kappa shape index (κ1) is 26.9. The predicted octanol–water partition coefficient (Wildman–Crippen LogP) is 5.03. The van der Waals surface area contributed by atoms with Crippen molar-refractivity contribution in [1.29, 1.82) is 0 Å². The zero-order valence-corrected chi connectivity index (χ0v) is 21.7. The Kier molecular flexibility index (Phi) is 8.00. The molecule has 4 aromatic rings. The minimum absolute atomic E-state index is 0.156. The van der Waals surface area contributed by atoms with Gasteiger partial charge in [-0.25, -0.2) is 9.78 Å². The Labute approximate surface area is 224 Å². The zero-order valence-electron chi connectivity index (χ0n) is 20.8. The Hall–Kier alpha value is -3.68. The van der Waals surface area contributed by atoms with E-state index in [0.717, 1.165) is 42.2 Å². The van der Waals surface area contributed by atoms with Crippen LogP contribution < -0.4 is 20.5 Å². The van der Waals surface area contributed by atoms with Gasteiger partial charge < -0.3 is 19.5 Å². The number of aromatic nitrogens is 3. The second-order valence-corrected chi connectivity index (χ2v) is 9.91. The molecule has 1 aliphatic rings. The fourth-order valence-electron chi connectivity index (χ4n) is 4.17. The Morgan fingerprint density at radius 3 is 2.69 bits per heavy atom. The first-order chi connectivity index (χ1) is 18.8. The molecule has 1 saturated heterocycles. The lowest BCUT2D eigenvalue weighted by Gasteiger charge is -2.12. The van der Waals surface area contributed by atoms with E-state index in [4.69, 9.17) is 19.2 Å². The normalized spacial score (nSPS) is 15.5. The highest BCUT2D eigenvalue weighted by Crippen LogP contribution is 2.35. The van der Waals surface area contributed by atoms with Gasteiger partial charge in [0.15, 0.2) is 5.82 Å². The number of H-pyrrole nitrogens is 1. The van der Waals surface area contributed by atoms with Crippen molar-refractivity contribution in [2.45, 2.75) is 38.3 Å². The maximum Gasteiger partial charge on any atom is 0.439 e. The molecule has 0 bridgehead atoms. The van der Waals surface area contributed by atoms with Gasteiger partial charge in [0, 0.05) is 31.3 Å². The van der Waals surface area contributed by atoms with Gasteiger partial charge in [-0.05, 0) is 37.1 Å². The van der Waals surface area contributed by atoms with Crippen molar-refractivity contribution < 1.29 is 31.9 Å². The lowest BCUT2D eigenvalue weighted by molar-refractivity contribution is -0.137. The number of hydrogen-bond donors (Lipinski definition) is 2. The molecule has 5 rings (SSSR count). The number of nitrogens with one attached hydrogen (secondary N) is 2. The second-order valence-electron chi connectivity index (χ2n) is 8.82. The summed E-state index contributed by atoms with van der Waals surface area (Å²) in [5.41, 5.74) is 1.15. The predicted molar refractivity (Wildman–Crippen MR) is 137 cm³/mol. The molecule has 1 aliphatic heterocycles. The van der Waals surface area contributed by atoms with Crippen molar-refractivity contribution in [2.75, 3.05) is 20.3 Å². The highest BCUT2D eigenvalue weighted by Gasteiger charge is 2.30. The van der Waals surface area contributed by atoms with E-state index < -0.39 is 17.5 Å². The van der Waals surface area contributed by atoms with Gasteiger partial charge in [-0.3, -0.25) is 9.51 Å². The molecule has 206 valence electrons. The smallest absolute Gasteiger partial charge is 0.439 e. The molecular formula is C26H25F3N4O5S. The first-order valence-electron chi connectivity index (χ1n) is 12.2. The summed E-state index contributed by atoms with van der Waals surface area (Å²) in [7, 11) is 1.48. The summed E-state index contributed by atoms with van der Waals surface area (Å²) in [4.78, 5) is 19.3. The third-order valence-corrected chi connectivity index (χ3v) is 7.28. The lowest BCUT2D eigenvalue weighted by atomic mass is 10.1. The molecule has 0 radical (unpaired) electrons. The van der Waals surface area contributed by atoms with Gasteiger partial charge in [-0.1, -0.05) is 17.3 Å². The number of hydrogen-bond acceptors (Lipinski definition) is 9. The van der Waals surface area contributed by atoms with Crippen LogP contribution in [0.2, 0.25) is 0 Å². The molecule has 2 N–H and O–H groups in total. The third-order valence-electron chi connectivity index (χ3n) is 6.16. The van der Waals surface area contributed by atoms with Crippen molar-refractivity contribution >= 4 is 11.3 Å². The number of ether oxygens (including phenoxy) is 3. The number of benzene rings is 2. The third kappa shape index (κ3) is 6.49. The van der Waals surface area contributed by atoms with E-state index in [-0.39, 0.29) is 18.5 Å². The number of alkyl halides is 3. The summed E-state index contributed by atoms with van der Waals surface area (Å²) in [5.74, 6) is 0.475. The van der Waals surface area contributed by atoms with Crippen molar-refractivity contribution in [3.63, 3.8) is 0 Å². The monoisotopic (exact) mass is 562 g/mol. The van der Waals surface area contributed by atoms with E-state index in [2.05, 4.69) is 20.0 Å². The molecule has 3 heterocycles. The second kappa shape index (κ2) is 11.6. The summed E-state index contributed by atoms with van der Waals surface area (Å²) in [6.07, 6.45) is -2.22. The molecule has 2 aromatic heterocycles. The average molecular weight is 563 g/mol. The average Bonchev–Trinajstić information content (AvgIpc) is 3.69. The maximum absolute atomic E-state index is 13.0. The number of aromatic amines is 1. The highest BCUT2D eigenvalue weighted by atomic mass is 32.1. The molecule has 39 heavy (non-hydrogen) atoms. The Balaban J connectivity index is 1.34. The van der Waals surface area contributed by atoms with Gasteiger partial charge in [0.2, 0.25) is 0 Å². The molecule has 1 unspecified atom stereocenters. The number of nitrogens with zero attached hydrogens (tertiary/aromatic N) is 2. The van der Waals surface area contributed by atoms with Crippen LogP contribution in [0.5, 0.6) is 11.5 Å². The Morgan fingerprint density at radius 1 is 1.21 bits per heavy atom. The number of rotatable bonds is 10. The fourth-order valence-corrected chi connectivity index (χ4v) is 5.16. The van der Waals surface area contributed by atoms with E-state index >= 15 is 0 Å². The van der Waals surface area contributed by atoms with Gasteiger partial charge in [-0.2, -0.15) is 13.2 Å². The zero-order chi connectivity index (χ0) is 27.4. The quantitative estimate of drug-likeness (QED) is 0.277. The topological polar surface area (TPSA) is 112 Å². The van der Waals surface area contributed by atoms with Crippen molar-refractivity contribution in [3.8, 4) is 33.5 Å². The van der Waals surface area contributed by atoms with Gasteiger partial charge in [0.25, 0.3) is 0 Å². The van der Waals surface area contributed by atoms with E-state index in [1.54, 1.807) is 18.2 Å². The summed E-state index contributed by atoms with van der Waals surface area (Å²) in [6.45, 7) is 2.07. The van der Waals surface area contributed by atoms with Crippen LogP contribution in [0.25, 0.3) is 22.0 Å². The van der Waals surface area contributed by atoms with Crippen LogP contribution in [-0.4, -0.2) is 41.5 Å². The Bertz CT molecular complexity index is 1460. The van der Waals surface area contributed by atoms with Crippen LogP contribution in [0.1, 0.15) is 29.0 Å². The number of methoxy groups -OCH3 is 1. The number of halogens is 3. The summed E-state index contributed by atoms with van der Waals surface area (Å²) in [5, 5.41) is 7.66. The van der Waals surface area contributed by atoms with Gasteiger partial charge in [0.05, 0.1) is 34.9 Å². The van der Waals surface area contributed by atoms with Crippen molar-refractivity contribution in [1.82, 2.24) is 20.4 Å². The van der Waals surface area contributed by atoms with Crippen LogP contribution >= 0.6 is 11.3 Å². The van der Waals surface area contributed by atoms with Gasteiger partial charge in [0.1, 0.15) is 23.1 Å². The molecule has 0 amide bonds. The standard InChI is InChI=1S/C26H25F3N4O5S/c1-35-21-11-17(8-9-19(21)23-32-25(34)38-33-23)37-14-22-20(13-30-12-18-3-2-10-36-18)31-24(39-22)15-4-6-16(7-5-15)26(27,28)29/h4-9,11,18,30H,2-3,10,12-14H2,1H3,(H,32,33,34). The highest BCUT2D eigenvalue weighted by molar-refractivity contribution is 7.15. The summed E-state index contributed by atoms with van der Waals surface area (Å²) in [6, 6.07) is 10.0. The molecule has 0 spiro atoms. The summed E-state index contributed by atoms with van der Waals surface area (Å²) < 4.78 is 60.7. The van der Waals surface area contributed by atoms with E-state index in [1.165, 1.54) is 30.6 Å². The van der Waals surface area contributed by atoms with Crippen molar-refractivity contribution in [2.24, 2.45) is 0 Å².